The Morgan fingerprint density at radius 2 is 1.59 bits per heavy atom. The largest absolute Gasteiger partial charge is 0.264 e. The van der Waals surface area contributed by atoms with Gasteiger partial charge in [-0.25, -0.2) is 17.8 Å². The molecule has 0 aliphatic heterocycles. The summed E-state index contributed by atoms with van der Waals surface area (Å²) < 4.78 is 28.3. The first-order chi connectivity index (χ1) is 10.6. The van der Waals surface area contributed by atoms with Gasteiger partial charge >= 0.3 is 0 Å². The topological polar surface area (TPSA) is 76.9 Å². The molecule has 0 saturated carbocycles. The van der Waals surface area contributed by atoms with Crippen LogP contribution in [0.1, 0.15) is 5.56 Å². The molecule has 0 aliphatic rings. The van der Waals surface area contributed by atoms with Crippen molar-refractivity contribution in [2.75, 3.05) is 4.72 Å². The van der Waals surface area contributed by atoms with Gasteiger partial charge in [-0.05, 0) is 17.7 Å². The van der Waals surface area contributed by atoms with Crippen molar-refractivity contribution in [2.24, 2.45) is 0 Å². The molecule has 0 radical (unpaired) electrons. The summed E-state index contributed by atoms with van der Waals surface area (Å²) in [5.41, 5.74) is 1.06. The highest BCUT2D eigenvalue weighted by Crippen LogP contribution is 2.12. The van der Waals surface area contributed by atoms with Gasteiger partial charge in [-0.1, -0.05) is 48.5 Å². The SMILES string of the molecule is O=S(=O)(Nc1ncn(Cc2ccccc2)n1)c1ccccc1. The first kappa shape index (κ1) is 14.3. The Morgan fingerprint density at radius 1 is 0.955 bits per heavy atom. The van der Waals surface area contributed by atoms with E-state index in [9.17, 15) is 8.42 Å². The van der Waals surface area contributed by atoms with Crippen molar-refractivity contribution in [3.63, 3.8) is 0 Å². The van der Waals surface area contributed by atoms with E-state index < -0.39 is 10.0 Å². The minimum absolute atomic E-state index is 0.0554. The molecule has 1 aromatic heterocycles. The summed E-state index contributed by atoms with van der Waals surface area (Å²) >= 11 is 0. The van der Waals surface area contributed by atoms with Crippen molar-refractivity contribution in [2.45, 2.75) is 11.4 Å². The molecular weight excluding hydrogens is 300 g/mol. The van der Waals surface area contributed by atoms with Crippen LogP contribution in [0.4, 0.5) is 5.95 Å². The number of benzene rings is 2. The zero-order chi connectivity index (χ0) is 15.4. The van der Waals surface area contributed by atoms with Crippen LogP contribution >= 0.6 is 0 Å². The van der Waals surface area contributed by atoms with Crippen LogP contribution in [-0.4, -0.2) is 23.2 Å². The second-order valence-electron chi connectivity index (χ2n) is 4.67. The average Bonchev–Trinajstić information content (AvgIpc) is 2.95. The maximum atomic E-state index is 12.2. The number of nitrogens with one attached hydrogen (secondary N) is 1. The first-order valence-electron chi connectivity index (χ1n) is 6.65. The summed E-state index contributed by atoms with van der Waals surface area (Å²) in [6.45, 7) is 0.529. The van der Waals surface area contributed by atoms with Crippen molar-refractivity contribution < 1.29 is 8.42 Å². The highest BCUT2D eigenvalue weighted by atomic mass is 32.2. The number of sulfonamides is 1. The number of aromatic nitrogens is 3. The van der Waals surface area contributed by atoms with E-state index in [1.807, 2.05) is 30.3 Å². The third-order valence-electron chi connectivity index (χ3n) is 3.00. The third-order valence-corrected chi connectivity index (χ3v) is 4.35. The van der Waals surface area contributed by atoms with E-state index in [1.54, 1.807) is 22.9 Å². The van der Waals surface area contributed by atoms with Gasteiger partial charge < -0.3 is 0 Å². The highest BCUT2D eigenvalue weighted by Gasteiger charge is 2.15. The quantitative estimate of drug-likeness (QED) is 0.782. The van der Waals surface area contributed by atoms with Crippen molar-refractivity contribution in [3.05, 3.63) is 72.6 Å². The van der Waals surface area contributed by atoms with Gasteiger partial charge in [0.15, 0.2) is 0 Å². The van der Waals surface area contributed by atoms with Crippen LogP contribution in [0, 0.1) is 0 Å². The summed E-state index contributed by atoms with van der Waals surface area (Å²) in [5, 5.41) is 4.13. The predicted octanol–water partition coefficient (Wildman–Crippen LogP) is 2.13. The summed E-state index contributed by atoms with van der Waals surface area (Å²) in [6.07, 6.45) is 1.50. The van der Waals surface area contributed by atoms with Crippen LogP contribution in [0.3, 0.4) is 0 Å². The molecule has 0 amide bonds. The lowest BCUT2D eigenvalue weighted by molar-refractivity contribution is 0.600. The molecule has 3 rings (SSSR count). The highest BCUT2D eigenvalue weighted by molar-refractivity contribution is 7.92. The lowest BCUT2D eigenvalue weighted by Gasteiger charge is -2.04. The van der Waals surface area contributed by atoms with Gasteiger partial charge in [0.2, 0.25) is 0 Å². The van der Waals surface area contributed by atoms with E-state index in [0.29, 0.717) is 6.54 Å². The van der Waals surface area contributed by atoms with Crippen molar-refractivity contribution >= 4 is 16.0 Å². The molecule has 0 aliphatic carbocycles. The molecule has 6 nitrogen and oxygen atoms in total. The van der Waals surface area contributed by atoms with E-state index in [-0.39, 0.29) is 10.8 Å². The Hall–Kier alpha value is -2.67. The van der Waals surface area contributed by atoms with E-state index in [4.69, 9.17) is 0 Å². The smallest absolute Gasteiger partial charge is 0.246 e. The van der Waals surface area contributed by atoms with Gasteiger partial charge in [-0.3, -0.25) is 0 Å². The molecule has 0 spiro atoms. The molecule has 0 bridgehead atoms. The monoisotopic (exact) mass is 314 g/mol. The maximum Gasteiger partial charge on any atom is 0.264 e. The van der Waals surface area contributed by atoms with Crippen molar-refractivity contribution in [1.29, 1.82) is 0 Å². The molecule has 0 unspecified atom stereocenters. The van der Waals surface area contributed by atoms with Crippen LogP contribution in [0.2, 0.25) is 0 Å². The fourth-order valence-corrected chi connectivity index (χ4v) is 2.93. The maximum absolute atomic E-state index is 12.2. The molecule has 1 N–H and O–H groups in total. The van der Waals surface area contributed by atoms with E-state index in [1.165, 1.54) is 18.5 Å². The first-order valence-corrected chi connectivity index (χ1v) is 8.13. The second kappa shape index (κ2) is 5.98. The van der Waals surface area contributed by atoms with Crippen LogP contribution < -0.4 is 4.72 Å². The normalized spacial score (nSPS) is 11.3. The fourth-order valence-electron chi connectivity index (χ4n) is 1.97. The zero-order valence-corrected chi connectivity index (χ0v) is 12.4. The lowest BCUT2D eigenvalue weighted by Crippen LogP contribution is -2.14. The third kappa shape index (κ3) is 3.32. The summed E-state index contributed by atoms with van der Waals surface area (Å²) in [4.78, 5) is 4.16. The van der Waals surface area contributed by atoms with Crippen LogP contribution in [-0.2, 0) is 16.6 Å². The van der Waals surface area contributed by atoms with E-state index in [2.05, 4.69) is 14.8 Å². The number of nitrogens with zero attached hydrogens (tertiary/aromatic N) is 3. The van der Waals surface area contributed by atoms with E-state index >= 15 is 0 Å². The second-order valence-corrected chi connectivity index (χ2v) is 6.35. The Balaban J connectivity index is 1.75. The Morgan fingerprint density at radius 3 is 2.27 bits per heavy atom. The van der Waals surface area contributed by atoms with Crippen LogP contribution in [0.5, 0.6) is 0 Å². The molecule has 22 heavy (non-hydrogen) atoms. The Bertz CT molecular complexity index is 846. The molecule has 0 fully saturated rings. The predicted molar refractivity (Wildman–Crippen MR) is 82.8 cm³/mol. The summed E-state index contributed by atoms with van der Waals surface area (Å²) in [6, 6.07) is 17.9. The Kier molecular flexibility index (Phi) is 3.88. The molecule has 112 valence electrons. The zero-order valence-electron chi connectivity index (χ0n) is 11.6. The van der Waals surface area contributed by atoms with Gasteiger partial charge in [0.1, 0.15) is 6.33 Å². The van der Waals surface area contributed by atoms with Crippen molar-refractivity contribution in [1.82, 2.24) is 14.8 Å². The van der Waals surface area contributed by atoms with Gasteiger partial charge in [0, 0.05) is 0 Å². The van der Waals surface area contributed by atoms with Crippen molar-refractivity contribution in [3.8, 4) is 0 Å². The van der Waals surface area contributed by atoms with Gasteiger partial charge in [0.05, 0.1) is 11.4 Å². The van der Waals surface area contributed by atoms with Gasteiger partial charge in [0.25, 0.3) is 16.0 Å². The minimum Gasteiger partial charge on any atom is -0.246 e. The van der Waals surface area contributed by atoms with Crippen LogP contribution in [0.15, 0.2) is 71.9 Å². The number of rotatable bonds is 5. The average molecular weight is 314 g/mol. The standard InChI is InChI=1S/C15H14N4O2S/c20-22(21,14-9-5-2-6-10-14)18-15-16-12-19(17-15)11-13-7-3-1-4-8-13/h1-10,12H,11H2,(H,17,18). The summed E-state index contributed by atoms with van der Waals surface area (Å²) in [5.74, 6) is 0.0554. The number of hydrogen-bond donors (Lipinski definition) is 1. The molecule has 3 aromatic rings. The van der Waals surface area contributed by atoms with Crippen LogP contribution in [0.25, 0.3) is 0 Å². The number of anilines is 1. The molecule has 0 saturated heterocycles. The van der Waals surface area contributed by atoms with Gasteiger partial charge in [-0.15, -0.1) is 5.10 Å². The number of hydrogen-bond acceptors (Lipinski definition) is 4. The molecular formula is C15H14N4O2S. The molecule has 0 atom stereocenters. The molecule has 1 heterocycles. The Labute approximate surface area is 128 Å². The lowest BCUT2D eigenvalue weighted by atomic mass is 10.2. The summed E-state index contributed by atoms with van der Waals surface area (Å²) in [7, 11) is -3.66. The van der Waals surface area contributed by atoms with E-state index in [0.717, 1.165) is 5.56 Å². The fraction of sp³-hybridized carbons (Fsp3) is 0.0667. The van der Waals surface area contributed by atoms with Gasteiger partial charge in [-0.2, -0.15) is 4.98 Å². The minimum atomic E-state index is -3.66. The molecule has 7 heteroatoms. The molecule has 2 aromatic carbocycles.